The Morgan fingerprint density at radius 3 is 2.88 bits per heavy atom. The SMILES string of the molecule is Cc1cccc(CNC2CCC2C(=O)O)c1. The van der Waals surface area contributed by atoms with E-state index in [2.05, 4.69) is 30.4 Å². The minimum Gasteiger partial charge on any atom is -0.481 e. The summed E-state index contributed by atoms with van der Waals surface area (Å²) in [7, 11) is 0. The van der Waals surface area contributed by atoms with E-state index >= 15 is 0 Å². The lowest BCUT2D eigenvalue weighted by molar-refractivity contribution is -0.146. The van der Waals surface area contributed by atoms with Gasteiger partial charge in [-0.1, -0.05) is 29.8 Å². The third kappa shape index (κ3) is 2.42. The number of aliphatic carboxylic acids is 1. The number of carboxylic acid groups (broad SMARTS) is 1. The van der Waals surface area contributed by atoms with Crippen molar-refractivity contribution in [3.8, 4) is 0 Å². The van der Waals surface area contributed by atoms with Gasteiger partial charge in [0.15, 0.2) is 0 Å². The Morgan fingerprint density at radius 2 is 2.31 bits per heavy atom. The highest BCUT2D eigenvalue weighted by atomic mass is 16.4. The quantitative estimate of drug-likeness (QED) is 0.813. The van der Waals surface area contributed by atoms with E-state index in [0.717, 1.165) is 19.4 Å². The van der Waals surface area contributed by atoms with Gasteiger partial charge < -0.3 is 10.4 Å². The molecule has 2 atom stereocenters. The zero-order valence-corrected chi connectivity index (χ0v) is 9.44. The van der Waals surface area contributed by atoms with Crippen molar-refractivity contribution in [1.82, 2.24) is 5.32 Å². The highest BCUT2D eigenvalue weighted by Crippen LogP contribution is 2.27. The highest BCUT2D eigenvalue weighted by Gasteiger charge is 2.35. The summed E-state index contributed by atoms with van der Waals surface area (Å²) in [6.07, 6.45) is 1.78. The number of carboxylic acids is 1. The maximum absolute atomic E-state index is 10.8. The molecule has 1 saturated carbocycles. The predicted octanol–water partition coefficient (Wildman–Crippen LogP) is 1.95. The Hall–Kier alpha value is -1.35. The molecule has 1 fully saturated rings. The zero-order chi connectivity index (χ0) is 11.5. The van der Waals surface area contributed by atoms with Crippen LogP contribution in [0.3, 0.4) is 0 Å². The standard InChI is InChI=1S/C13H17NO2/c1-9-3-2-4-10(7-9)8-14-12-6-5-11(12)13(15)16/h2-4,7,11-12,14H,5-6,8H2,1H3,(H,15,16). The average molecular weight is 219 g/mol. The van der Waals surface area contributed by atoms with Gasteiger partial charge in [-0.25, -0.2) is 0 Å². The number of aryl methyl sites for hydroxylation is 1. The summed E-state index contributed by atoms with van der Waals surface area (Å²) in [6.45, 7) is 2.82. The van der Waals surface area contributed by atoms with Crippen molar-refractivity contribution >= 4 is 5.97 Å². The summed E-state index contributed by atoms with van der Waals surface area (Å²) >= 11 is 0. The Morgan fingerprint density at radius 1 is 1.50 bits per heavy atom. The van der Waals surface area contributed by atoms with Gasteiger partial charge in [0, 0.05) is 12.6 Å². The van der Waals surface area contributed by atoms with Gasteiger partial charge in [0.1, 0.15) is 0 Å². The van der Waals surface area contributed by atoms with Crippen LogP contribution < -0.4 is 5.32 Å². The Kier molecular flexibility index (Phi) is 3.25. The summed E-state index contributed by atoms with van der Waals surface area (Å²) in [5.41, 5.74) is 2.46. The molecule has 2 N–H and O–H groups in total. The average Bonchev–Trinajstić information content (AvgIpc) is 2.15. The molecule has 2 unspecified atom stereocenters. The van der Waals surface area contributed by atoms with Crippen LogP contribution in [0.25, 0.3) is 0 Å². The van der Waals surface area contributed by atoms with Crippen molar-refractivity contribution in [3.63, 3.8) is 0 Å². The molecular formula is C13H17NO2. The van der Waals surface area contributed by atoms with E-state index in [1.54, 1.807) is 0 Å². The van der Waals surface area contributed by atoms with Crippen molar-refractivity contribution < 1.29 is 9.90 Å². The van der Waals surface area contributed by atoms with E-state index in [1.165, 1.54) is 11.1 Å². The van der Waals surface area contributed by atoms with Crippen molar-refractivity contribution in [1.29, 1.82) is 0 Å². The van der Waals surface area contributed by atoms with Gasteiger partial charge in [-0.15, -0.1) is 0 Å². The normalized spacial score (nSPS) is 23.8. The largest absolute Gasteiger partial charge is 0.481 e. The summed E-state index contributed by atoms with van der Waals surface area (Å²) < 4.78 is 0. The number of rotatable bonds is 4. The first-order valence-corrected chi connectivity index (χ1v) is 5.68. The third-order valence-corrected chi connectivity index (χ3v) is 3.24. The second-order valence-corrected chi connectivity index (χ2v) is 4.50. The lowest BCUT2D eigenvalue weighted by Crippen LogP contribution is -2.47. The van der Waals surface area contributed by atoms with E-state index in [9.17, 15) is 4.79 Å². The molecule has 0 aromatic heterocycles. The molecule has 0 amide bonds. The van der Waals surface area contributed by atoms with Crippen LogP contribution in [0.15, 0.2) is 24.3 Å². The molecule has 2 rings (SSSR count). The highest BCUT2D eigenvalue weighted by molar-refractivity contribution is 5.72. The Balaban J connectivity index is 1.86. The van der Waals surface area contributed by atoms with Gasteiger partial charge in [-0.05, 0) is 25.3 Å². The van der Waals surface area contributed by atoms with Gasteiger partial charge >= 0.3 is 5.97 Å². The second kappa shape index (κ2) is 4.66. The molecule has 3 heteroatoms. The Labute approximate surface area is 95.5 Å². The monoisotopic (exact) mass is 219 g/mol. The fourth-order valence-electron chi connectivity index (χ4n) is 2.11. The van der Waals surface area contributed by atoms with Crippen molar-refractivity contribution in [2.45, 2.75) is 32.4 Å². The summed E-state index contributed by atoms with van der Waals surface area (Å²) in [4.78, 5) is 10.8. The van der Waals surface area contributed by atoms with Crippen LogP contribution in [0.5, 0.6) is 0 Å². The topological polar surface area (TPSA) is 49.3 Å². The van der Waals surface area contributed by atoms with Crippen LogP contribution in [-0.2, 0) is 11.3 Å². The van der Waals surface area contributed by atoms with Gasteiger partial charge in [-0.2, -0.15) is 0 Å². The first-order valence-electron chi connectivity index (χ1n) is 5.68. The van der Waals surface area contributed by atoms with E-state index in [0.29, 0.717) is 0 Å². The smallest absolute Gasteiger partial charge is 0.308 e. The molecule has 0 heterocycles. The predicted molar refractivity (Wildman–Crippen MR) is 62.2 cm³/mol. The first-order chi connectivity index (χ1) is 7.66. The van der Waals surface area contributed by atoms with E-state index in [-0.39, 0.29) is 12.0 Å². The van der Waals surface area contributed by atoms with Crippen molar-refractivity contribution in [3.05, 3.63) is 35.4 Å². The molecule has 1 aliphatic rings. The van der Waals surface area contributed by atoms with E-state index in [1.807, 2.05) is 6.07 Å². The van der Waals surface area contributed by atoms with E-state index in [4.69, 9.17) is 5.11 Å². The molecule has 1 aliphatic carbocycles. The van der Waals surface area contributed by atoms with Crippen molar-refractivity contribution in [2.75, 3.05) is 0 Å². The molecular weight excluding hydrogens is 202 g/mol. The third-order valence-electron chi connectivity index (χ3n) is 3.24. The molecule has 0 saturated heterocycles. The zero-order valence-electron chi connectivity index (χ0n) is 9.44. The molecule has 1 aromatic rings. The number of benzene rings is 1. The van der Waals surface area contributed by atoms with Crippen LogP contribution in [0.1, 0.15) is 24.0 Å². The van der Waals surface area contributed by atoms with Gasteiger partial charge in [0.25, 0.3) is 0 Å². The van der Waals surface area contributed by atoms with Crippen LogP contribution in [0, 0.1) is 12.8 Å². The maximum atomic E-state index is 10.8. The number of hydrogen-bond acceptors (Lipinski definition) is 2. The molecule has 0 radical (unpaired) electrons. The molecule has 0 bridgehead atoms. The number of hydrogen-bond donors (Lipinski definition) is 2. The summed E-state index contributed by atoms with van der Waals surface area (Å²) in [6, 6.07) is 8.43. The van der Waals surface area contributed by atoms with Gasteiger partial charge in [0.2, 0.25) is 0 Å². The summed E-state index contributed by atoms with van der Waals surface area (Å²) in [5.74, 6) is -0.863. The minimum atomic E-state index is -0.673. The van der Waals surface area contributed by atoms with Crippen molar-refractivity contribution in [2.24, 2.45) is 5.92 Å². The fraction of sp³-hybridized carbons (Fsp3) is 0.462. The maximum Gasteiger partial charge on any atom is 0.308 e. The van der Waals surface area contributed by atoms with Crippen LogP contribution >= 0.6 is 0 Å². The number of nitrogens with one attached hydrogen (secondary N) is 1. The minimum absolute atomic E-state index is 0.151. The molecule has 0 aliphatic heterocycles. The van der Waals surface area contributed by atoms with Crippen LogP contribution in [0.4, 0.5) is 0 Å². The molecule has 1 aromatic carbocycles. The summed E-state index contributed by atoms with van der Waals surface area (Å²) in [5, 5.41) is 12.2. The van der Waals surface area contributed by atoms with Gasteiger partial charge in [0.05, 0.1) is 5.92 Å². The molecule has 3 nitrogen and oxygen atoms in total. The molecule has 86 valence electrons. The lowest BCUT2D eigenvalue weighted by atomic mass is 9.79. The first kappa shape index (κ1) is 11.1. The number of carbonyl (C=O) groups is 1. The molecule has 0 spiro atoms. The fourth-order valence-corrected chi connectivity index (χ4v) is 2.11. The van der Waals surface area contributed by atoms with Crippen LogP contribution in [-0.4, -0.2) is 17.1 Å². The second-order valence-electron chi connectivity index (χ2n) is 4.50. The van der Waals surface area contributed by atoms with E-state index < -0.39 is 5.97 Å². The lowest BCUT2D eigenvalue weighted by Gasteiger charge is -2.34. The van der Waals surface area contributed by atoms with Crippen LogP contribution in [0.2, 0.25) is 0 Å². The Bertz CT molecular complexity index is 389. The molecule has 16 heavy (non-hydrogen) atoms. The van der Waals surface area contributed by atoms with Gasteiger partial charge in [-0.3, -0.25) is 4.79 Å².